The lowest BCUT2D eigenvalue weighted by Gasteiger charge is -2.20. The molecule has 7 heteroatoms. The summed E-state index contributed by atoms with van der Waals surface area (Å²) in [6.07, 6.45) is 1.47. The van der Waals surface area contributed by atoms with Crippen molar-refractivity contribution in [2.75, 3.05) is 20.2 Å². The van der Waals surface area contributed by atoms with Crippen molar-refractivity contribution in [1.29, 1.82) is 0 Å². The number of carbonyl (C=O) groups excluding carboxylic acids is 2. The smallest absolute Gasteiger partial charge is 0.278 e. The third kappa shape index (κ3) is 3.18. The number of benzene rings is 1. The Morgan fingerprint density at radius 1 is 1.16 bits per heavy atom. The lowest BCUT2D eigenvalue weighted by Crippen LogP contribution is -2.34. The van der Waals surface area contributed by atoms with Gasteiger partial charge < -0.3 is 14.4 Å². The van der Waals surface area contributed by atoms with Crippen LogP contribution in [0.4, 0.5) is 4.39 Å². The Morgan fingerprint density at radius 3 is 2.48 bits per heavy atom. The Kier molecular flexibility index (Phi) is 4.67. The van der Waals surface area contributed by atoms with Crippen LogP contribution in [0, 0.1) is 5.82 Å². The number of hydrogen-bond acceptors (Lipinski definition) is 5. The molecule has 0 fully saturated rings. The monoisotopic (exact) mass is 344 g/mol. The van der Waals surface area contributed by atoms with Gasteiger partial charge in [-0.25, -0.2) is 4.39 Å². The molecule has 1 aliphatic rings. The molecular weight excluding hydrogens is 327 g/mol. The van der Waals surface area contributed by atoms with E-state index in [-0.39, 0.29) is 31.0 Å². The van der Waals surface area contributed by atoms with E-state index in [0.717, 1.165) is 4.90 Å². The second-order valence-electron chi connectivity index (χ2n) is 5.65. The Hall–Kier alpha value is -2.93. The van der Waals surface area contributed by atoms with Crippen LogP contribution in [-0.2, 0) is 16.1 Å². The summed E-state index contributed by atoms with van der Waals surface area (Å²) < 4.78 is 18.4. The molecule has 2 amide bonds. The maximum absolute atomic E-state index is 13.2. The lowest BCUT2D eigenvalue weighted by atomic mass is 10.0. The van der Waals surface area contributed by atoms with Crippen LogP contribution in [0.15, 0.2) is 52.8 Å². The molecule has 0 atom stereocenters. The Morgan fingerprint density at radius 2 is 1.88 bits per heavy atom. The molecule has 0 aliphatic carbocycles. The van der Waals surface area contributed by atoms with Gasteiger partial charge in [-0.3, -0.25) is 14.5 Å². The second-order valence-corrected chi connectivity index (χ2v) is 5.65. The summed E-state index contributed by atoms with van der Waals surface area (Å²) in [5.41, 5.74) is 0.811. The van der Waals surface area contributed by atoms with Crippen molar-refractivity contribution in [2.24, 2.45) is 0 Å². The number of imide groups is 1. The zero-order valence-electron chi connectivity index (χ0n) is 13.6. The van der Waals surface area contributed by atoms with Crippen molar-refractivity contribution in [3.63, 3.8) is 0 Å². The first-order valence-corrected chi connectivity index (χ1v) is 7.73. The van der Waals surface area contributed by atoms with Gasteiger partial charge in [0, 0.05) is 13.6 Å². The molecule has 1 aromatic heterocycles. The fourth-order valence-electron chi connectivity index (χ4n) is 2.76. The quantitative estimate of drug-likeness (QED) is 0.806. The van der Waals surface area contributed by atoms with Gasteiger partial charge in [0.25, 0.3) is 11.8 Å². The van der Waals surface area contributed by atoms with Crippen LogP contribution in [0.25, 0.3) is 5.57 Å². The molecule has 1 aliphatic heterocycles. The summed E-state index contributed by atoms with van der Waals surface area (Å²) >= 11 is 0. The molecule has 2 aromatic rings. The zero-order valence-corrected chi connectivity index (χ0v) is 13.6. The minimum absolute atomic E-state index is 0.00578. The van der Waals surface area contributed by atoms with Crippen LogP contribution < -0.4 is 0 Å². The van der Waals surface area contributed by atoms with Gasteiger partial charge >= 0.3 is 0 Å². The molecule has 3 rings (SSSR count). The summed E-state index contributed by atoms with van der Waals surface area (Å²) in [4.78, 5) is 28.3. The molecule has 1 N–H and O–H groups in total. The zero-order chi connectivity index (χ0) is 18.0. The average molecular weight is 344 g/mol. The SMILES string of the molecule is CN(CCO)C1=C(c2ccc(F)cc2)C(=O)N(Cc2ccco2)C1=O. The van der Waals surface area contributed by atoms with Crippen molar-refractivity contribution in [2.45, 2.75) is 6.54 Å². The molecule has 0 bridgehead atoms. The molecule has 0 saturated heterocycles. The Labute approximate surface area is 143 Å². The first kappa shape index (κ1) is 16.9. The molecule has 0 saturated carbocycles. The summed E-state index contributed by atoms with van der Waals surface area (Å²) in [5, 5.41) is 9.18. The van der Waals surface area contributed by atoms with Crippen molar-refractivity contribution in [3.8, 4) is 0 Å². The summed E-state index contributed by atoms with van der Waals surface area (Å²) in [6.45, 7) is 0.0236. The van der Waals surface area contributed by atoms with E-state index in [4.69, 9.17) is 4.42 Å². The van der Waals surface area contributed by atoms with Gasteiger partial charge in [-0.2, -0.15) is 0 Å². The van der Waals surface area contributed by atoms with Gasteiger partial charge in [-0.15, -0.1) is 0 Å². The van der Waals surface area contributed by atoms with E-state index >= 15 is 0 Å². The summed E-state index contributed by atoms with van der Waals surface area (Å²) in [7, 11) is 1.62. The van der Waals surface area contributed by atoms with Gasteiger partial charge in [0.1, 0.15) is 17.3 Å². The number of hydrogen-bond donors (Lipinski definition) is 1. The number of aliphatic hydroxyl groups excluding tert-OH is 1. The maximum atomic E-state index is 13.2. The second kappa shape index (κ2) is 6.90. The normalized spacial score (nSPS) is 14.6. The molecule has 2 heterocycles. The van der Waals surface area contributed by atoms with Gasteiger partial charge in [-0.05, 0) is 29.8 Å². The van der Waals surface area contributed by atoms with E-state index in [9.17, 15) is 19.1 Å². The molecule has 0 radical (unpaired) electrons. The predicted octanol–water partition coefficient (Wildman–Crippen LogP) is 1.62. The maximum Gasteiger partial charge on any atom is 0.278 e. The highest BCUT2D eigenvalue weighted by Crippen LogP contribution is 2.32. The number of nitrogens with zero attached hydrogens (tertiary/aromatic N) is 2. The van der Waals surface area contributed by atoms with Gasteiger partial charge in [0.05, 0.1) is 25.0 Å². The third-order valence-corrected chi connectivity index (χ3v) is 3.99. The minimum atomic E-state index is -0.479. The number of aliphatic hydroxyl groups is 1. The number of rotatable bonds is 6. The number of halogens is 1. The van der Waals surface area contributed by atoms with Gasteiger partial charge in [0.2, 0.25) is 0 Å². The highest BCUT2D eigenvalue weighted by molar-refractivity contribution is 6.35. The van der Waals surface area contributed by atoms with E-state index in [1.807, 2.05) is 0 Å². The van der Waals surface area contributed by atoms with E-state index in [1.165, 1.54) is 35.4 Å². The fourth-order valence-corrected chi connectivity index (χ4v) is 2.76. The Balaban J connectivity index is 2.02. The van der Waals surface area contributed by atoms with Crippen LogP contribution in [-0.4, -0.2) is 46.9 Å². The predicted molar refractivity (Wildman–Crippen MR) is 87.3 cm³/mol. The largest absolute Gasteiger partial charge is 0.467 e. The first-order chi connectivity index (χ1) is 12.0. The van der Waals surface area contributed by atoms with Crippen molar-refractivity contribution < 1.29 is 23.5 Å². The number of likely N-dealkylation sites (N-methyl/N-ethyl adjacent to an activating group) is 1. The average Bonchev–Trinajstić information content (AvgIpc) is 3.18. The minimum Gasteiger partial charge on any atom is -0.467 e. The van der Waals surface area contributed by atoms with E-state index < -0.39 is 17.6 Å². The molecule has 0 unspecified atom stereocenters. The van der Waals surface area contributed by atoms with Crippen molar-refractivity contribution in [3.05, 3.63) is 65.5 Å². The first-order valence-electron chi connectivity index (χ1n) is 7.73. The number of carbonyl (C=O) groups is 2. The van der Waals surface area contributed by atoms with Gasteiger partial charge in [0.15, 0.2) is 0 Å². The van der Waals surface area contributed by atoms with Crippen LogP contribution >= 0.6 is 0 Å². The van der Waals surface area contributed by atoms with Crippen molar-refractivity contribution >= 4 is 17.4 Å². The highest BCUT2D eigenvalue weighted by atomic mass is 19.1. The van der Waals surface area contributed by atoms with Crippen LogP contribution in [0.3, 0.4) is 0 Å². The van der Waals surface area contributed by atoms with E-state index in [2.05, 4.69) is 0 Å². The molecule has 130 valence electrons. The lowest BCUT2D eigenvalue weighted by molar-refractivity contribution is -0.138. The summed E-state index contributed by atoms with van der Waals surface area (Å²) in [6, 6.07) is 8.73. The Bertz CT molecular complexity index is 812. The topological polar surface area (TPSA) is 74.0 Å². The summed E-state index contributed by atoms with van der Waals surface area (Å²) in [5.74, 6) is -0.908. The van der Waals surface area contributed by atoms with Gasteiger partial charge in [-0.1, -0.05) is 12.1 Å². The van der Waals surface area contributed by atoms with Crippen LogP contribution in [0.2, 0.25) is 0 Å². The van der Waals surface area contributed by atoms with Crippen LogP contribution in [0.5, 0.6) is 0 Å². The highest BCUT2D eigenvalue weighted by Gasteiger charge is 2.41. The standard InChI is InChI=1S/C18H17FN2O4/c1-20(8-9-22)16-15(12-4-6-13(19)7-5-12)17(23)21(18(16)24)11-14-3-2-10-25-14/h2-7,10,22H,8-9,11H2,1H3. The van der Waals surface area contributed by atoms with E-state index in [0.29, 0.717) is 11.3 Å². The molecule has 1 aromatic carbocycles. The van der Waals surface area contributed by atoms with E-state index in [1.54, 1.807) is 19.2 Å². The molecule has 25 heavy (non-hydrogen) atoms. The molecular formula is C18H17FN2O4. The fraction of sp³-hybridized carbons (Fsp3) is 0.222. The van der Waals surface area contributed by atoms with Crippen molar-refractivity contribution in [1.82, 2.24) is 9.80 Å². The van der Waals surface area contributed by atoms with Crippen LogP contribution in [0.1, 0.15) is 11.3 Å². The number of furan rings is 1. The number of amides is 2. The third-order valence-electron chi connectivity index (χ3n) is 3.99. The molecule has 6 nitrogen and oxygen atoms in total. The molecule has 0 spiro atoms.